The van der Waals surface area contributed by atoms with Gasteiger partial charge in [0.1, 0.15) is 0 Å². The molecule has 0 saturated carbocycles. The van der Waals surface area contributed by atoms with Crippen molar-refractivity contribution in [3.8, 4) is 0 Å². The van der Waals surface area contributed by atoms with Gasteiger partial charge in [-0.1, -0.05) is 29.3 Å². The van der Waals surface area contributed by atoms with Crippen LogP contribution in [0.2, 0.25) is 10.0 Å². The van der Waals surface area contributed by atoms with Crippen LogP contribution in [0, 0.1) is 0 Å². The molecule has 0 aromatic heterocycles. The average molecular weight is 248 g/mol. The first-order valence-corrected chi connectivity index (χ1v) is 6.26. The Kier molecular flexibility index (Phi) is 3.27. The molecule has 76 valence electrons. The summed E-state index contributed by atoms with van der Waals surface area (Å²) in [5.41, 5.74) is 1.19. The van der Waals surface area contributed by atoms with Crippen LogP contribution >= 0.6 is 35.0 Å². The van der Waals surface area contributed by atoms with E-state index < -0.39 is 0 Å². The molecular weight excluding hydrogens is 237 g/mol. The van der Waals surface area contributed by atoms with Gasteiger partial charge < -0.3 is 5.32 Å². The van der Waals surface area contributed by atoms with Gasteiger partial charge in [-0.2, -0.15) is 11.8 Å². The molecule has 1 aromatic rings. The molecule has 1 fully saturated rings. The van der Waals surface area contributed by atoms with E-state index in [0.717, 1.165) is 10.8 Å². The number of thioether (sulfide) groups is 1. The predicted octanol–water partition coefficient (Wildman–Crippen LogP) is 3.37. The lowest BCUT2D eigenvalue weighted by molar-refractivity contribution is 0.573. The Bertz CT molecular complexity index is 341. The molecule has 0 spiro atoms. The molecule has 2 rings (SSSR count). The maximum absolute atomic E-state index is 6.13. The lowest BCUT2D eigenvalue weighted by atomic mass is 10.1. The average Bonchev–Trinajstić information content (AvgIpc) is 2.08. The highest BCUT2D eigenvalue weighted by molar-refractivity contribution is 8.01. The molecule has 2 unspecified atom stereocenters. The summed E-state index contributed by atoms with van der Waals surface area (Å²) >= 11 is 13.9. The molecule has 0 aliphatic carbocycles. The summed E-state index contributed by atoms with van der Waals surface area (Å²) in [6.07, 6.45) is 0. The maximum atomic E-state index is 6.13. The highest BCUT2D eigenvalue weighted by Crippen LogP contribution is 2.45. The molecular formula is C10H11Cl2NS. The van der Waals surface area contributed by atoms with Crippen molar-refractivity contribution in [2.75, 3.05) is 12.8 Å². The second-order valence-electron chi connectivity index (χ2n) is 3.31. The zero-order valence-electron chi connectivity index (χ0n) is 7.76. The normalized spacial score (nSPS) is 25.9. The third-order valence-electron chi connectivity index (χ3n) is 2.46. The van der Waals surface area contributed by atoms with Gasteiger partial charge in [0.05, 0.1) is 0 Å². The van der Waals surface area contributed by atoms with Gasteiger partial charge in [0.25, 0.3) is 0 Å². The molecule has 1 aromatic carbocycles. The summed E-state index contributed by atoms with van der Waals surface area (Å²) < 4.78 is 0. The summed E-state index contributed by atoms with van der Waals surface area (Å²) in [5.74, 6) is 1.15. The van der Waals surface area contributed by atoms with Gasteiger partial charge >= 0.3 is 0 Å². The Hall–Kier alpha value is 0.110. The number of nitrogens with one attached hydrogen (secondary N) is 1. The van der Waals surface area contributed by atoms with Gasteiger partial charge in [-0.15, -0.1) is 0 Å². The monoisotopic (exact) mass is 247 g/mol. The van der Waals surface area contributed by atoms with Crippen molar-refractivity contribution in [2.24, 2.45) is 0 Å². The number of rotatable bonds is 2. The summed E-state index contributed by atoms with van der Waals surface area (Å²) in [5, 5.41) is 5.23. The van der Waals surface area contributed by atoms with Gasteiger partial charge in [-0.3, -0.25) is 0 Å². The first kappa shape index (κ1) is 10.6. The Morgan fingerprint density at radius 3 is 2.71 bits per heavy atom. The van der Waals surface area contributed by atoms with Gasteiger partial charge in [0.15, 0.2) is 0 Å². The molecule has 0 bridgehead atoms. The standard InChI is InChI=1S/C10H11Cl2NS/c1-13-9-5-14-10(9)7-3-2-6(11)4-8(7)12/h2-4,9-10,13H,5H2,1H3. The van der Waals surface area contributed by atoms with Crippen molar-refractivity contribution in [3.05, 3.63) is 33.8 Å². The fourth-order valence-electron chi connectivity index (χ4n) is 1.56. The molecule has 1 saturated heterocycles. The van der Waals surface area contributed by atoms with Crippen molar-refractivity contribution < 1.29 is 0 Å². The lowest BCUT2D eigenvalue weighted by Gasteiger charge is -2.36. The van der Waals surface area contributed by atoms with E-state index >= 15 is 0 Å². The quantitative estimate of drug-likeness (QED) is 0.861. The minimum Gasteiger partial charge on any atom is -0.315 e. The predicted molar refractivity (Wildman–Crippen MR) is 64.5 cm³/mol. The van der Waals surface area contributed by atoms with Crippen molar-refractivity contribution in [1.82, 2.24) is 5.32 Å². The Labute approximate surface area is 98.2 Å². The highest BCUT2D eigenvalue weighted by Gasteiger charge is 2.32. The lowest BCUT2D eigenvalue weighted by Crippen LogP contribution is -2.40. The van der Waals surface area contributed by atoms with E-state index in [9.17, 15) is 0 Å². The number of hydrogen-bond acceptors (Lipinski definition) is 2. The van der Waals surface area contributed by atoms with Crippen LogP contribution in [0.3, 0.4) is 0 Å². The Morgan fingerprint density at radius 2 is 2.21 bits per heavy atom. The van der Waals surface area contributed by atoms with Crippen LogP contribution in [0.25, 0.3) is 0 Å². The van der Waals surface area contributed by atoms with Crippen LogP contribution in [-0.2, 0) is 0 Å². The maximum Gasteiger partial charge on any atom is 0.0473 e. The van der Waals surface area contributed by atoms with Crippen molar-refractivity contribution in [3.63, 3.8) is 0 Å². The fourth-order valence-corrected chi connectivity index (χ4v) is 3.42. The van der Waals surface area contributed by atoms with E-state index in [1.54, 1.807) is 0 Å². The molecule has 4 heteroatoms. The fraction of sp³-hybridized carbons (Fsp3) is 0.400. The van der Waals surface area contributed by atoms with Gasteiger partial charge in [-0.05, 0) is 24.7 Å². The third-order valence-corrected chi connectivity index (χ3v) is 4.52. The summed E-state index contributed by atoms with van der Waals surface area (Å²) in [7, 11) is 1.99. The second-order valence-corrected chi connectivity index (χ2v) is 5.33. The van der Waals surface area contributed by atoms with E-state index in [4.69, 9.17) is 23.2 Å². The third kappa shape index (κ3) is 1.89. The molecule has 1 aliphatic rings. The van der Waals surface area contributed by atoms with Gasteiger partial charge in [0.2, 0.25) is 0 Å². The zero-order chi connectivity index (χ0) is 10.1. The van der Waals surface area contributed by atoms with Crippen molar-refractivity contribution in [1.29, 1.82) is 0 Å². The van der Waals surface area contributed by atoms with Crippen molar-refractivity contribution >= 4 is 35.0 Å². The smallest absolute Gasteiger partial charge is 0.0473 e. The first-order chi connectivity index (χ1) is 6.72. The Morgan fingerprint density at radius 1 is 1.43 bits per heavy atom. The molecule has 1 aliphatic heterocycles. The molecule has 1 nitrogen and oxygen atoms in total. The minimum atomic E-state index is 0.477. The Balaban J connectivity index is 2.24. The van der Waals surface area contributed by atoms with Crippen LogP contribution in [0.5, 0.6) is 0 Å². The highest BCUT2D eigenvalue weighted by atomic mass is 35.5. The van der Waals surface area contributed by atoms with E-state index in [2.05, 4.69) is 5.32 Å². The van der Waals surface area contributed by atoms with Gasteiger partial charge in [-0.25, -0.2) is 0 Å². The van der Waals surface area contributed by atoms with Crippen LogP contribution < -0.4 is 5.32 Å². The summed E-state index contributed by atoms with van der Waals surface area (Å²) in [4.78, 5) is 0. The molecule has 1 N–H and O–H groups in total. The van der Waals surface area contributed by atoms with Crippen molar-refractivity contribution in [2.45, 2.75) is 11.3 Å². The second kappa shape index (κ2) is 4.31. The molecule has 0 radical (unpaired) electrons. The summed E-state index contributed by atoms with van der Waals surface area (Å²) in [6, 6.07) is 6.27. The number of hydrogen-bond donors (Lipinski definition) is 1. The van der Waals surface area contributed by atoms with Gasteiger partial charge in [0, 0.05) is 27.1 Å². The van der Waals surface area contributed by atoms with E-state index in [-0.39, 0.29) is 0 Å². The van der Waals surface area contributed by atoms with E-state index in [1.165, 1.54) is 5.56 Å². The first-order valence-electron chi connectivity index (χ1n) is 4.46. The molecule has 2 atom stereocenters. The molecule has 14 heavy (non-hydrogen) atoms. The SMILES string of the molecule is CNC1CSC1c1ccc(Cl)cc1Cl. The largest absolute Gasteiger partial charge is 0.315 e. The minimum absolute atomic E-state index is 0.477. The number of benzene rings is 1. The van der Waals surface area contributed by atoms with Crippen LogP contribution in [0.1, 0.15) is 10.8 Å². The molecule has 0 amide bonds. The zero-order valence-corrected chi connectivity index (χ0v) is 10.1. The topological polar surface area (TPSA) is 12.0 Å². The van der Waals surface area contributed by atoms with E-state index in [0.29, 0.717) is 16.3 Å². The van der Waals surface area contributed by atoms with Crippen LogP contribution in [0.15, 0.2) is 18.2 Å². The van der Waals surface area contributed by atoms with E-state index in [1.807, 2.05) is 37.0 Å². The summed E-state index contributed by atoms with van der Waals surface area (Å²) in [6.45, 7) is 0. The number of likely N-dealkylation sites (N-methyl/N-ethyl adjacent to an activating group) is 1. The number of halogens is 2. The molecule has 1 heterocycles. The van der Waals surface area contributed by atoms with Crippen LogP contribution in [-0.4, -0.2) is 18.8 Å². The van der Waals surface area contributed by atoms with Crippen LogP contribution in [0.4, 0.5) is 0 Å².